The van der Waals surface area contributed by atoms with Crippen molar-refractivity contribution < 1.29 is 9.53 Å². The van der Waals surface area contributed by atoms with Crippen LogP contribution in [0.2, 0.25) is 5.02 Å². The fourth-order valence-electron chi connectivity index (χ4n) is 4.98. The number of carbonyl (C=O) groups is 1. The Bertz CT molecular complexity index is 1040. The average molecular weight is 462 g/mol. The Morgan fingerprint density at radius 1 is 1.03 bits per heavy atom. The second kappa shape index (κ2) is 11.6. The van der Waals surface area contributed by atoms with E-state index in [2.05, 4.69) is 17.1 Å². The van der Waals surface area contributed by atoms with E-state index < -0.39 is 0 Å². The molecular formula is C29H32ClNO2. The van der Waals surface area contributed by atoms with E-state index in [1.54, 1.807) is 6.20 Å². The Balaban J connectivity index is 1.50. The second-order valence-electron chi connectivity index (χ2n) is 9.11. The number of rotatable bonds is 9. The van der Waals surface area contributed by atoms with Crippen LogP contribution < -0.4 is 0 Å². The third kappa shape index (κ3) is 6.31. The third-order valence-corrected chi connectivity index (χ3v) is 7.26. The molecule has 33 heavy (non-hydrogen) atoms. The summed E-state index contributed by atoms with van der Waals surface area (Å²) in [5.74, 6) is 0.650. The molecule has 0 bridgehead atoms. The highest BCUT2D eigenvalue weighted by atomic mass is 35.5. The van der Waals surface area contributed by atoms with Gasteiger partial charge in [0, 0.05) is 31.2 Å². The number of hydrogen-bond acceptors (Lipinski definition) is 3. The molecule has 0 aliphatic heterocycles. The molecule has 3 aromatic rings. The van der Waals surface area contributed by atoms with Crippen LogP contribution in [-0.2, 0) is 11.2 Å². The number of nitrogens with zero attached hydrogens (tertiary/aromatic N) is 1. The van der Waals surface area contributed by atoms with Gasteiger partial charge in [0.05, 0.1) is 16.8 Å². The molecule has 1 aromatic heterocycles. The van der Waals surface area contributed by atoms with Gasteiger partial charge in [0.15, 0.2) is 5.78 Å². The van der Waals surface area contributed by atoms with Gasteiger partial charge in [-0.25, -0.2) is 0 Å². The first-order valence-corrected chi connectivity index (χ1v) is 12.3. The number of methoxy groups -OCH3 is 1. The van der Waals surface area contributed by atoms with Crippen LogP contribution in [0.3, 0.4) is 0 Å². The first-order valence-electron chi connectivity index (χ1n) is 12.0. The molecule has 0 amide bonds. The second-order valence-corrected chi connectivity index (χ2v) is 9.52. The van der Waals surface area contributed by atoms with Crippen LogP contribution in [0.15, 0.2) is 72.9 Å². The maximum atomic E-state index is 13.6. The van der Waals surface area contributed by atoms with Crippen molar-refractivity contribution in [2.75, 3.05) is 7.11 Å². The van der Waals surface area contributed by atoms with E-state index in [9.17, 15) is 4.79 Å². The largest absolute Gasteiger partial charge is 0.381 e. The zero-order chi connectivity index (χ0) is 23.0. The van der Waals surface area contributed by atoms with E-state index in [-0.39, 0.29) is 11.7 Å². The van der Waals surface area contributed by atoms with Crippen molar-refractivity contribution in [3.05, 3.63) is 89.2 Å². The van der Waals surface area contributed by atoms with Gasteiger partial charge in [-0.3, -0.25) is 9.78 Å². The molecule has 0 N–H and O–H groups in total. The molecule has 1 fully saturated rings. The maximum absolute atomic E-state index is 13.6. The summed E-state index contributed by atoms with van der Waals surface area (Å²) in [6.07, 6.45) is 9.21. The van der Waals surface area contributed by atoms with Gasteiger partial charge in [-0.05, 0) is 54.9 Å². The van der Waals surface area contributed by atoms with Crippen molar-refractivity contribution >= 4 is 17.4 Å². The molecule has 4 heteroatoms. The van der Waals surface area contributed by atoms with Gasteiger partial charge >= 0.3 is 0 Å². The fraction of sp³-hybridized carbons (Fsp3) is 0.379. The number of hydrogen-bond donors (Lipinski definition) is 0. The van der Waals surface area contributed by atoms with Crippen LogP contribution in [0.25, 0.3) is 11.1 Å². The average Bonchev–Trinajstić information content (AvgIpc) is 2.88. The number of Topliss-reactive ketones (excluding diaryl/α,β-unsaturated/α-hetero) is 1. The molecule has 4 rings (SSSR count). The van der Waals surface area contributed by atoms with Crippen molar-refractivity contribution in [3.63, 3.8) is 0 Å². The van der Waals surface area contributed by atoms with E-state index in [1.807, 2.05) is 61.7 Å². The lowest BCUT2D eigenvalue weighted by molar-refractivity contribution is 0.0474. The number of halogens is 1. The Morgan fingerprint density at radius 3 is 2.52 bits per heavy atom. The highest BCUT2D eigenvalue weighted by Gasteiger charge is 2.26. The van der Waals surface area contributed by atoms with Crippen molar-refractivity contribution in [2.45, 2.75) is 51.0 Å². The predicted molar refractivity (Wildman–Crippen MR) is 135 cm³/mol. The van der Waals surface area contributed by atoms with E-state index in [4.69, 9.17) is 16.3 Å². The van der Waals surface area contributed by atoms with Crippen LogP contribution in [-0.4, -0.2) is 24.0 Å². The van der Waals surface area contributed by atoms with Crippen molar-refractivity contribution in [2.24, 2.45) is 11.8 Å². The molecule has 0 saturated heterocycles. The molecule has 1 aliphatic carbocycles. The molecule has 2 aromatic carbocycles. The first-order chi connectivity index (χ1) is 16.1. The lowest BCUT2D eigenvalue weighted by atomic mass is 9.80. The Morgan fingerprint density at radius 2 is 1.79 bits per heavy atom. The van der Waals surface area contributed by atoms with Crippen LogP contribution >= 0.6 is 11.6 Å². The number of ketones is 1. The minimum Gasteiger partial charge on any atom is -0.381 e. The fourth-order valence-corrected chi connectivity index (χ4v) is 5.17. The molecule has 3 atom stereocenters. The van der Waals surface area contributed by atoms with E-state index >= 15 is 0 Å². The Hall–Kier alpha value is -2.49. The van der Waals surface area contributed by atoms with Gasteiger partial charge in [0.2, 0.25) is 0 Å². The van der Waals surface area contributed by atoms with Crippen LogP contribution in [0, 0.1) is 11.8 Å². The van der Waals surface area contributed by atoms with Gasteiger partial charge in [0.25, 0.3) is 0 Å². The zero-order valence-corrected chi connectivity index (χ0v) is 20.0. The highest BCUT2D eigenvalue weighted by molar-refractivity contribution is 6.31. The van der Waals surface area contributed by atoms with Gasteiger partial charge in [0.1, 0.15) is 0 Å². The normalized spacial score (nSPS) is 19.2. The summed E-state index contributed by atoms with van der Waals surface area (Å²) < 4.78 is 5.61. The molecule has 3 nitrogen and oxygen atoms in total. The number of ether oxygens (including phenoxy) is 1. The van der Waals surface area contributed by atoms with Crippen LogP contribution in [0.4, 0.5) is 0 Å². The summed E-state index contributed by atoms with van der Waals surface area (Å²) in [6.45, 7) is 0. The SMILES string of the molecule is COC1CCC[C@@H](CCC(Cc2ncccc2Cl)C(=O)c2ccc(-c3ccccc3)cc2)C1. The summed E-state index contributed by atoms with van der Waals surface area (Å²) in [6, 6.07) is 21.9. The van der Waals surface area contributed by atoms with E-state index in [0.717, 1.165) is 48.1 Å². The van der Waals surface area contributed by atoms with Crippen LogP contribution in [0.5, 0.6) is 0 Å². The summed E-state index contributed by atoms with van der Waals surface area (Å²) >= 11 is 6.40. The topological polar surface area (TPSA) is 39.2 Å². The molecule has 1 saturated carbocycles. The Kier molecular flexibility index (Phi) is 8.30. The van der Waals surface area contributed by atoms with Crippen LogP contribution in [0.1, 0.15) is 54.6 Å². The number of pyridine rings is 1. The molecular weight excluding hydrogens is 430 g/mol. The molecule has 172 valence electrons. The lowest BCUT2D eigenvalue weighted by Gasteiger charge is -2.29. The monoisotopic (exact) mass is 461 g/mol. The third-order valence-electron chi connectivity index (χ3n) is 6.91. The first kappa shape index (κ1) is 23.7. The summed E-state index contributed by atoms with van der Waals surface area (Å²) in [7, 11) is 1.81. The van der Waals surface area contributed by atoms with Crippen molar-refractivity contribution in [3.8, 4) is 11.1 Å². The lowest BCUT2D eigenvalue weighted by Crippen LogP contribution is -2.24. The number of carbonyl (C=O) groups excluding carboxylic acids is 1. The standard InChI is InChI=1S/C29H32ClNO2/c1-33-26-10-5-7-21(19-26)12-13-25(20-28-27(30)11-6-18-31-28)29(32)24-16-14-23(15-17-24)22-8-3-2-4-9-22/h2-4,6,8-9,11,14-18,21,25-26H,5,7,10,12-13,19-20H2,1H3/t21-,25?,26?/m0/s1. The minimum absolute atomic E-state index is 0.136. The predicted octanol–water partition coefficient (Wildman–Crippen LogP) is 7.43. The molecule has 1 aliphatic rings. The maximum Gasteiger partial charge on any atom is 0.166 e. The van der Waals surface area contributed by atoms with Crippen molar-refractivity contribution in [1.82, 2.24) is 4.98 Å². The summed E-state index contributed by atoms with van der Waals surface area (Å²) in [5, 5.41) is 0.631. The number of benzene rings is 2. The minimum atomic E-state index is -0.136. The van der Waals surface area contributed by atoms with Gasteiger partial charge in [-0.15, -0.1) is 0 Å². The molecule has 2 unspecified atom stereocenters. The van der Waals surface area contributed by atoms with E-state index in [0.29, 0.717) is 23.5 Å². The van der Waals surface area contributed by atoms with Gasteiger partial charge < -0.3 is 4.74 Å². The smallest absolute Gasteiger partial charge is 0.166 e. The molecule has 0 radical (unpaired) electrons. The zero-order valence-electron chi connectivity index (χ0n) is 19.3. The number of aromatic nitrogens is 1. The highest BCUT2D eigenvalue weighted by Crippen LogP contribution is 2.32. The van der Waals surface area contributed by atoms with Crippen molar-refractivity contribution in [1.29, 1.82) is 0 Å². The molecule has 1 heterocycles. The van der Waals surface area contributed by atoms with Gasteiger partial charge in [-0.2, -0.15) is 0 Å². The Labute approximate surface area is 202 Å². The molecule has 0 spiro atoms. The summed E-state index contributed by atoms with van der Waals surface area (Å²) in [5.41, 5.74) is 3.82. The quantitative estimate of drug-likeness (QED) is 0.311. The van der Waals surface area contributed by atoms with Gasteiger partial charge in [-0.1, -0.05) is 79.0 Å². The summed E-state index contributed by atoms with van der Waals surface area (Å²) in [4.78, 5) is 18.1. The van der Waals surface area contributed by atoms with E-state index in [1.165, 1.54) is 12.8 Å².